The standard InChI is InChI=1S/C21H23ClO4S2/c1-2-16-3-7-18(8-4-16)20(23)25-11-13-27-28-14-12-26-21(24)19-9-5-17(15-22)6-10-19/h3-10H,2,11-15H2,1H3. The summed E-state index contributed by atoms with van der Waals surface area (Å²) in [5, 5.41) is 0. The van der Waals surface area contributed by atoms with Crippen molar-refractivity contribution in [2.75, 3.05) is 24.7 Å². The van der Waals surface area contributed by atoms with Crippen molar-refractivity contribution >= 4 is 45.1 Å². The van der Waals surface area contributed by atoms with Crippen LogP contribution in [-0.2, 0) is 21.8 Å². The third kappa shape index (κ3) is 7.78. The van der Waals surface area contributed by atoms with Crippen LogP contribution in [0, 0.1) is 0 Å². The zero-order valence-electron chi connectivity index (χ0n) is 15.7. The minimum Gasteiger partial charge on any atom is -0.461 e. The van der Waals surface area contributed by atoms with Crippen molar-refractivity contribution in [3.63, 3.8) is 0 Å². The fourth-order valence-electron chi connectivity index (χ4n) is 2.23. The molecule has 0 radical (unpaired) electrons. The van der Waals surface area contributed by atoms with Gasteiger partial charge >= 0.3 is 11.9 Å². The molecule has 0 saturated carbocycles. The molecule has 0 aliphatic heterocycles. The van der Waals surface area contributed by atoms with Crippen LogP contribution in [0.15, 0.2) is 48.5 Å². The molecule has 0 bridgehead atoms. The fraction of sp³-hybridized carbons (Fsp3) is 0.333. The van der Waals surface area contributed by atoms with Gasteiger partial charge in [0.05, 0.1) is 11.1 Å². The number of esters is 2. The quantitative estimate of drug-likeness (QED) is 0.203. The molecule has 0 fully saturated rings. The van der Waals surface area contributed by atoms with Crippen molar-refractivity contribution in [2.24, 2.45) is 0 Å². The summed E-state index contributed by atoms with van der Waals surface area (Å²) in [5.41, 5.74) is 3.24. The molecule has 0 amide bonds. The van der Waals surface area contributed by atoms with E-state index in [4.69, 9.17) is 21.1 Å². The normalized spacial score (nSPS) is 10.5. The Morgan fingerprint density at radius 2 is 1.21 bits per heavy atom. The second kappa shape index (κ2) is 12.8. The molecule has 0 aromatic heterocycles. The predicted octanol–water partition coefficient (Wildman–Crippen LogP) is 5.38. The van der Waals surface area contributed by atoms with Gasteiger partial charge in [-0.05, 0) is 41.8 Å². The topological polar surface area (TPSA) is 52.6 Å². The van der Waals surface area contributed by atoms with Gasteiger partial charge in [-0.25, -0.2) is 9.59 Å². The van der Waals surface area contributed by atoms with E-state index in [9.17, 15) is 9.59 Å². The number of carbonyl (C=O) groups is 2. The predicted molar refractivity (Wildman–Crippen MR) is 117 cm³/mol. The molecule has 4 nitrogen and oxygen atoms in total. The molecule has 0 atom stereocenters. The van der Waals surface area contributed by atoms with Crippen LogP contribution < -0.4 is 0 Å². The van der Waals surface area contributed by atoms with E-state index in [1.165, 1.54) is 5.56 Å². The molecule has 0 spiro atoms. The van der Waals surface area contributed by atoms with Crippen molar-refractivity contribution in [3.8, 4) is 0 Å². The van der Waals surface area contributed by atoms with Gasteiger partial charge in [-0.1, -0.05) is 52.8 Å². The van der Waals surface area contributed by atoms with E-state index in [-0.39, 0.29) is 11.9 Å². The molecule has 2 aromatic rings. The van der Waals surface area contributed by atoms with E-state index < -0.39 is 0 Å². The molecule has 0 saturated heterocycles. The fourth-order valence-corrected chi connectivity index (χ4v) is 4.06. The van der Waals surface area contributed by atoms with E-state index in [1.807, 2.05) is 24.3 Å². The first-order valence-corrected chi connectivity index (χ1v) is 12.0. The number of ether oxygens (including phenoxy) is 2. The van der Waals surface area contributed by atoms with Crippen LogP contribution in [0.25, 0.3) is 0 Å². The van der Waals surface area contributed by atoms with Crippen LogP contribution in [-0.4, -0.2) is 36.7 Å². The maximum absolute atomic E-state index is 11.9. The molecule has 150 valence electrons. The Morgan fingerprint density at radius 3 is 1.61 bits per heavy atom. The van der Waals surface area contributed by atoms with E-state index >= 15 is 0 Å². The second-order valence-electron chi connectivity index (χ2n) is 5.80. The monoisotopic (exact) mass is 438 g/mol. The summed E-state index contributed by atoms with van der Waals surface area (Å²) in [6.07, 6.45) is 0.943. The van der Waals surface area contributed by atoms with Crippen LogP contribution in [0.3, 0.4) is 0 Å². The lowest BCUT2D eigenvalue weighted by atomic mass is 10.1. The number of hydrogen-bond donors (Lipinski definition) is 0. The lowest BCUT2D eigenvalue weighted by molar-refractivity contribution is 0.0520. The third-order valence-corrected chi connectivity index (χ3v) is 6.47. The molecular weight excluding hydrogens is 416 g/mol. The van der Waals surface area contributed by atoms with Gasteiger partial charge in [-0.15, -0.1) is 11.6 Å². The number of halogens is 1. The average Bonchev–Trinajstić information content (AvgIpc) is 2.75. The molecular formula is C21H23ClO4S2. The van der Waals surface area contributed by atoms with Gasteiger partial charge in [0.25, 0.3) is 0 Å². The Kier molecular flexibility index (Phi) is 10.3. The van der Waals surface area contributed by atoms with Gasteiger partial charge in [0, 0.05) is 17.4 Å². The SMILES string of the molecule is CCc1ccc(C(=O)OCCSSCCOC(=O)c2ccc(CCl)cc2)cc1. The summed E-state index contributed by atoms with van der Waals surface area (Å²) >= 11 is 5.72. The Bertz CT molecular complexity index is 683. The molecule has 28 heavy (non-hydrogen) atoms. The van der Waals surface area contributed by atoms with E-state index in [0.717, 1.165) is 12.0 Å². The summed E-state index contributed by atoms with van der Waals surface area (Å²) in [6.45, 7) is 2.75. The molecule has 7 heteroatoms. The number of rotatable bonds is 11. The summed E-state index contributed by atoms with van der Waals surface area (Å²) in [4.78, 5) is 23.8. The van der Waals surface area contributed by atoms with Crippen molar-refractivity contribution in [3.05, 3.63) is 70.8 Å². The summed E-state index contributed by atoms with van der Waals surface area (Å²) < 4.78 is 10.5. The van der Waals surface area contributed by atoms with Gasteiger partial charge in [-0.3, -0.25) is 0 Å². The minimum absolute atomic E-state index is 0.303. The maximum Gasteiger partial charge on any atom is 0.338 e. The number of hydrogen-bond acceptors (Lipinski definition) is 6. The number of aryl methyl sites for hydroxylation is 1. The minimum atomic E-state index is -0.338. The van der Waals surface area contributed by atoms with Crippen molar-refractivity contribution < 1.29 is 19.1 Å². The molecule has 0 N–H and O–H groups in total. The van der Waals surface area contributed by atoms with E-state index in [2.05, 4.69) is 6.92 Å². The molecule has 0 heterocycles. The van der Waals surface area contributed by atoms with Crippen LogP contribution >= 0.6 is 33.2 Å². The van der Waals surface area contributed by atoms with E-state index in [1.54, 1.807) is 45.9 Å². The Morgan fingerprint density at radius 1 is 0.786 bits per heavy atom. The highest BCUT2D eigenvalue weighted by Crippen LogP contribution is 2.20. The number of carbonyl (C=O) groups excluding carboxylic acids is 2. The van der Waals surface area contributed by atoms with Crippen molar-refractivity contribution in [1.82, 2.24) is 0 Å². The molecule has 2 rings (SSSR count). The second-order valence-corrected chi connectivity index (χ2v) is 8.77. The number of benzene rings is 2. The molecule has 0 aliphatic rings. The van der Waals surface area contributed by atoms with Crippen molar-refractivity contribution in [1.29, 1.82) is 0 Å². The smallest absolute Gasteiger partial charge is 0.338 e. The van der Waals surface area contributed by atoms with Crippen LogP contribution in [0.4, 0.5) is 0 Å². The lowest BCUT2D eigenvalue weighted by Crippen LogP contribution is -2.08. The highest BCUT2D eigenvalue weighted by Gasteiger charge is 2.08. The maximum atomic E-state index is 11.9. The van der Waals surface area contributed by atoms with Gasteiger partial charge in [-0.2, -0.15) is 0 Å². The highest BCUT2D eigenvalue weighted by atomic mass is 35.5. The summed E-state index contributed by atoms with van der Waals surface area (Å²) in [6, 6.07) is 14.5. The zero-order valence-corrected chi connectivity index (χ0v) is 18.1. The summed E-state index contributed by atoms with van der Waals surface area (Å²) in [5.74, 6) is 1.13. The van der Waals surface area contributed by atoms with Crippen LogP contribution in [0.2, 0.25) is 0 Å². The average molecular weight is 439 g/mol. The Hall–Kier alpha value is -1.63. The number of alkyl halides is 1. The van der Waals surface area contributed by atoms with Crippen LogP contribution in [0.5, 0.6) is 0 Å². The van der Waals surface area contributed by atoms with Gasteiger partial charge in [0.2, 0.25) is 0 Å². The zero-order chi connectivity index (χ0) is 20.2. The van der Waals surface area contributed by atoms with E-state index in [0.29, 0.717) is 41.7 Å². The first-order chi connectivity index (χ1) is 13.6. The third-order valence-electron chi connectivity index (χ3n) is 3.82. The summed E-state index contributed by atoms with van der Waals surface area (Å²) in [7, 11) is 3.16. The highest BCUT2D eigenvalue weighted by molar-refractivity contribution is 8.76. The Balaban J connectivity index is 1.53. The molecule has 0 aliphatic carbocycles. The lowest BCUT2D eigenvalue weighted by Gasteiger charge is -2.06. The van der Waals surface area contributed by atoms with Gasteiger partial charge < -0.3 is 9.47 Å². The molecule has 0 unspecified atom stereocenters. The van der Waals surface area contributed by atoms with Crippen LogP contribution in [0.1, 0.15) is 38.8 Å². The van der Waals surface area contributed by atoms with Gasteiger partial charge in [0.1, 0.15) is 13.2 Å². The largest absolute Gasteiger partial charge is 0.461 e. The first kappa shape index (κ1) is 22.7. The molecule has 2 aromatic carbocycles. The van der Waals surface area contributed by atoms with Gasteiger partial charge in [0.15, 0.2) is 0 Å². The van der Waals surface area contributed by atoms with Crippen molar-refractivity contribution in [2.45, 2.75) is 19.2 Å². The Labute approximate surface area is 178 Å². The first-order valence-electron chi connectivity index (χ1n) is 8.96.